The van der Waals surface area contributed by atoms with E-state index in [9.17, 15) is 9.59 Å². The van der Waals surface area contributed by atoms with Crippen molar-refractivity contribution in [3.8, 4) is 0 Å². The summed E-state index contributed by atoms with van der Waals surface area (Å²) in [5.41, 5.74) is 2.87. The molecule has 2 aromatic rings. The van der Waals surface area contributed by atoms with Crippen molar-refractivity contribution in [1.29, 1.82) is 0 Å². The molecule has 1 aromatic carbocycles. The van der Waals surface area contributed by atoms with Crippen LogP contribution in [-0.4, -0.2) is 21.6 Å². The second kappa shape index (κ2) is 5.22. The van der Waals surface area contributed by atoms with E-state index in [2.05, 4.69) is 15.7 Å². The maximum Gasteiger partial charge on any atom is 0.256 e. The number of anilines is 2. The number of aryl methyl sites for hydroxylation is 2. The number of carbonyl (C=O) groups is 2. The Balaban J connectivity index is 1.91. The van der Waals surface area contributed by atoms with E-state index in [1.54, 1.807) is 23.9 Å². The highest BCUT2D eigenvalue weighted by molar-refractivity contribution is 6.05. The third-order valence-electron chi connectivity index (χ3n) is 4.13. The van der Waals surface area contributed by atoms with Gasteiger partial charge in [0.15, 0.2) is 0 Å². The Bertz CT molecular complexity index is 805. The van der Waals surface area contributed by atoms with Crippen molar-refractivity contribution in [3.63, 3.8) is 0 Å². The monoisotopic (exact) mass is 312 g/mol. The zero-order valence-electron chi connectivity index (χ0n) is 13.7. The number of nitrogens with one attached hydrogen (secondary N) is 2. The number of benzene rings is 1. The molecule has 2 N–H and O–H groups in total. The Morgan fingerprint density at radius 1 is 1.35 bits per heavy atom. The van der Waals surface area contributed by atoms with Gasteiger partial charge in [-0.2, -0.15) is 5.10 Å². The molecule has 2 amide bonds. The average Bonchev–Trinajstić information content (AvgIpc) is 2.75. The summed E-state index contributed by atoms with van der Waals surface area (Å²) < 4.78 is 1.63. The van der Waals surface area contributed by atoms with Crippen molar-refractivity contribution in [3.05, 3.63) is 41.1 Å². The molecule has 0 radical (unpaired) electrons. The van der Waals surface area contributed by atoms with E-state index in [1.807, 2.05) is 32.9 Å². The molecule has 1 aliphatic rings. The normalized spacial score (nSPS) is 15.7. The Kier molecular flexibility index (Phi) is 3.47. The van der Waals surface area contributed by atoms with Crippen LogP contribution >= 0.6 is 0 Å². The van der Waals surface area contributed by atoms with Gasteiger partial charge in [-0.1, -0.05) is 13.8 Å². The van der Waals surface area contributed by atoms with Crippen molar-refractivity contribution < 1.29 is 9.59 Å². The number of carbonyl (C=O) groups excluding carboxylic acids is 2. The quantitative estimate of drug-likeness (QED) is 0.895. The first-order chi connectivity index (χ1) is 10.8. The van der Waals surface area contributed by atoms with Gasteiger partial charge in [0, 0.05) is 36.2 Å². The number of fused-ring (bicyclic) bond motifs is 1. The fraction of sp³-hybridized carbons (Fsp3) is 0.353. The van der Waals surface area contributed by atoms with E-state index >= 15 is 0 Å². The molecule has 0 aliphatic carbocycles. The van der Waals surface area contributed by atoms with Crippen molar-refractivity contribution >= 4 is 23.3 Å². The molecule has 0 saturated carbocycles. The van der Waals surface area contributed by atoms with Gasteiger partial charge in [-0.05, 0) is 30.7 Å². The van der Waals surface area contributed by atoms with Gasteiger partial charge in [0.25, 0.3) is 5.91 Å². The van der Waals surface area contributed by atoms with Crippen LogP contribution < -0.4 is 10.6 Å². The van der Waals surface area contributed by atoms with Gasteiger partial charge in [0.1, 0.15) is 5.82 Å². The first kappa shape index (κ1) is 15.3. The van der Waals surface area contributed by atoms with E-state index in [0.29, 0.717) is 17.8 Å². The zero-order valence-corrected chi connectivity index (χ0v) is 13.7. The molecule has 1 aromatic heterocycles. The van der Waals surface area contributed by atoms with Crippen molar-refractivity contribution in [2.45, 2.75) is 32.6 Å². The molecule has 0 fully saturated rings. The fourth-order valence-electron chi connectivity index (χ4n) is 2.96. The third-order valence-corrected chi connectivity index (χ3v) is 4.13. The SMILES string of the molecule is Cc1cc(NC(=O)c2ccc3c(c2)C(C)(C)CC(=O)N3)n(C)n1. The maximum absolute atomic E-state index is 12.5. The molecular formula is C17H20N4O2. The summed E-state index contributed by atoms with van der Waals surface area (Å²) in [7, 11) is 1.79. The van der Waals surface area contributed by atoms with Gasteiger partial charge < -0.3 is 10.6 Å². The zero-order chi connectivity index (χ0) is 16.8. The molecule has 0 spiro atoms. The van der Waals surface area contributed by atoms with Gasteiger partial charge in [-0.15, -0.1) is 0 Å². The first-order valence-electron chi connectivity index (χ1n) is 7.53. The largest absolute Gasteiger partial charge is 0.326 e. The number of amides is 2. The summed E-state index contributed by atoms with van der Waals surface area (Å²) in [5.74, 6) is 0.464. The highest BCUT2D eigenvalue weighted by Gasteiger charge is 2.32. The summed E-state index contributed by atoms with van der Waals surface area (Å²) in [4.78, 5) is 24.2. The molecule has 2 heterocycles. The third kappa shape index (κ3) is 2.84. The lowest BCUT2D eigenvalue weighted by atomic mass is 9.77. The molecule has 0 saturated heterocycles. The highest BCUT2D eigenvalue weighted by Crippen LogP contribution is 2.37. The first-order valence-corrected chi connectivity index (χ1v) is 7.53. The molecule has 6 nitrogen and oxygen atoms in total. The van der Waals surface area contributed by atoms with Crippen molar-refractivity contribution in [1.82, 2.24) is 9.78 Å². The molecule has 6 heteroatoms. The fourth-order valence-corrected chi connectivity index (χ4v) is 2.96. The van der Waals surface area contributed by atoms with Gasteiger partial charge in [-0.3, -0.25) is 14.3 Å². The number of hydrogen-bond donors (Lipinski definition) is 2. The Morgan fingerprint density at radius 2 is 2.09 bits per heavy atom. The Hall–Kier alpha value is -2.63. The standard InChI is InChI=1S/C17H20N4O2/c1-10-7-14(21(4)20-10)19-16(23)11-5-6-13-12(8-11)17(2,3)9-15(22)18-13/h5-8H,9H2,1-4H3,(H,18,22)(H,19,23). The summed E-state index contributed by atoms with van der Waals surface area (Å²) in [6.07, 6.45) is 0.409. The lowest BCUT2D eigenvalue weighted by Crippen LogP contribution is -2.32. The van der Waals surface area contributed by atoms with Crippen molar-refractivity contribution in [2.24, 2.45) is 7.05 Å². The summed E-state index contributed by atoms with van der Waals surface area (Å²) >= 11 is 0. The molecule has 0 bridgehead atoms. The van der Waals surface area contributed by atoms with Crippen LogP contribution in [0.3, 0.4) is 0 Å². The topological polar surface area (TPSA) is 76.0 Å². The van der Waals surface area contributed by atoms with Crippen LogP contribution in [0.2, 0.25) is 0 Å². The van der Waals surface area contributed by atoms with E-state index in [1.165, 1.54) is 0 Å². The smallest absolute Gasteiger partial charge is 0.256 e. The number of hydrogen-bond acceptors (Lipinski definition) is 3. The number of nitrogens with zero attached hydrogens (tertiary/aromatic N) is 2. The second-order valence-electron chi connectivity index (χ2n) is 6.62. The van der Waals surface area contributed by atoms with Gasteiger partial charge in [0.2, 0.25) is 5.91 Å². The maximum atomic E-state index is 12.5. The van der Waals surface area contributed by atoms with Crippen molar-refractivity contribution in [2.75, 3.05) is 10.6 Å². The van der Waals surface area contributed by atoms with E-state index < -0.39 is 0 Å². The molecule has 0 unspecified atom stereocenters. The van der Waals surface area contributed by atoms with Gasteiger partial charge in [0.05, 0.1) is 5.69 Å². The molecule has 1 aliphatic heterocycles. The lowest BCUT2D eigenvalue weighted by Gasteiger charge is -2.32. The molecule has 0 atom stereocenters. The van der Waals surface area contributed by atoms with E-state index in [-0.39, 0.29) is 17.2 Å². The van der Waals surface area contributed by atoms with Gasteiger partial charge >= 0.3 is 0 Å². The molecule has 23 heavy (non-hydrogen) atoms. The lowest BCUT2D eigenvalue weighted by molar-refractivity contribution is -0.117. The van der Waals surface area contributed by atoms with Crippen LogP contribution in [0, 0.1) is 6.92 Å². The van der Waals surface area contributed by atoms with Crippen LogP contribution in [0.5, 0.6) is 0 Å². The summed E-state index contributed by atoms with van der Waals surface area (Å²) in [6, 6.07) is 7.18. The number of aromatic nitrogens is 2. The molecular weight excluding hydrogens is 292 g/mol. The van der Waals surface area contributed by atoms with E-state index in [4.69, 9.17) is 0 Å². The minimum atomic E-state index is -0.295. The van der Waals surface area contributed by atoms with Crippen LogP contribution in [0.4, 0.5) is 11.5 Å². The molecule has 120 valence electrons. The van der Waals surface area contributed by atoms with E-state index in [0.717, 1.165) is 16.9 Å². The van der Waals surface area contributed by atoms with Gasteiger partial charge in [-0.25, -0.2) is 0 Å². The summed E-state index contributed by atoms with van der Waals surface area (Å²) in [6.45, 7) is 5.90. The Labute approximate surface area is 134 Å². The predicted molar refractivity (Wildman–Crippen MR) is 88.6 cm³/mol. The minimum absolute atomic E-state index is 0.00469. The number of rotatable bonds is 2. The highest BCUT2D eigenvalue weighted by atomic mass is 16.2. The van der Waals surface area contributed by atoms with Crippen LogP contribution in [0.25, 0.3) is 0 Å². The predicted octanol–water partition coefficient (Wildman–Crippen LogP) is 2.60. The van der Waals surface area contributed by atoms with Crippen LogP contribution in [0.15, 0.2) is 24.3 Å². The second-order valence-corrected chi connectivity index (χ2v) is 6.62. The summed E-state index contributed by atoms with van der Waals surface area (Å²) in [5, 5.41) is 9.94. The Morgan fingerprint density at radius 3 is 2.74 bits per heavy atom. The molecule has 3 rings (SSSR count). The minimum Gasteiger partial charge on any atom is -0.326 e. The average molecular weight is 312 g/mol. The van der Waals surface area contributed by atoms with Crippen LogP contribution in [0.1, 0.15) is 41.9 Å². The van der Waals surface area contributed by atoms with Crippen LogP contribution in [-0.2, 0) is 17.3 Å².